The molecule has 0 saturated carbocycles. The van der Waals surface area contributed by atoms with Crippen LogP contribution in [0.1, 0.15) is 0 Å². The molecule has 0 aromatic heterocycles. The van der Waals surface area contributed by atoms with Gasteiger partial charge in [-0.2, -0.15) is 0 Å². The highest BCUT2D eigenvalue weighted by atomic mass is 16.6. The van der Waals surface area contributed by atoms with Crippen LogP contribution in [0.2, 0.25) is 0 Å². The molecule has 0 aliphatic carbocycles. The molecule has 3 nitrogen and oxygen atoms in total. The van der Waals surface area contributed by atoms with Gasteiger partial charge >= 0.3 is 0 Å². The van der Waals surface area contributed by atoms with Crippen molar-refractivity contribution in [2.75, 3.05) is 0 Å². The number of nitro groups is 1. The summed E-state index contributed by atoms with van der Waals surface area (Å²) >= 11 is 0. The van der Waals surface area contributed by atoms with Gasteiger partial charge in [-0.25, -0.2) is 0 Å². The van der Waals surface area contributed by atoms with E-state index in [1.165, 1.54) is 0 Å². The van der Waals surface area contributed by atoms with E-state index in [2.05, 4.69) is 13.2 Å². The largest absolute Gasteiger partial charge is 0.261 e. The molecule has 0 unspecified atom stereocenters. The number of hydrogen-bond acceptors (Lipinski definition) is 2. The van der Waals surface area contributed by atoms with E-state index in [-0.39, 0.29) is 5.70 Å². The molecule has 0 aromatic rings. The van der Waals surface area contributed by atoms with Gasteiger partial charge in [-0.3, -0.25) is 10.1 Å². The molecule has 0 aliphatic heterocycles. The van der Waals surface area contributed by atoms with Crippen molar-refractivity contribution in [1.29, 1.82) is 0 Å². The SMILES string of the molecule is C=CC(=C)[N+](=O)[O-]. The van der Waals surface area contributed by atoms with Gasteiger partial charge in [0.15, 0.2) is 0 Å². The van der Waals surface area contributed by atoms with Crippen molar-refractivity contribution in [3.8, 4) is 0 Å². The molecule has 0 saturated heterocycles. The molecule has 0 spiro atoms. The van der Waals surface area contributed by atoms with Crippen molar-refractivity contribution < 1.29 is 4.92 Å². The Morgan fingerprint density at radius 3 is 2.29 bits per heavy atom. The first-order valence-electron chi connectivity index (χ1n) is 1.64. The lowest BCUT2D eigenvalue weighted by Crippen LogP contribution is -1.90. The summed E-state index contributed by atoms with van der Waals surface area (Å²) in [6.45, 7) is 6.20. The summed E-state index contributed by atoms with van der Waals surface area (Å²) < 4.78 is 0. The fraction of sp³-hybridized carbons (Fsp3) is 0. The third kappa shape index (κ3) is 1.70. The average Bonchev–Trinajstić information content (AvgIpc) is 1.65. The van der Waals surface area contributed by atoms with Gasteiger partial charge < -0.3 is 0 Å². The molecule has 0 N–H and O–H groups in total. The van der Waals surface area contributed by atoms with E-state index in [0.29, 0.717) is 0 Å². The van der Waals surface area contributed by atoms with E-state index < -0.39 is 4.92 Å². The van der Waals surface area contributed by atoms with Crippen molar-refractivity contribution in [1.82, 2.24) is 0 Å². The number of allylic oxidation sites excluding steroid dienone is 1. The van der Waals surface area contributed by atoms with Crippen LogP contribution in [0.25, 0.3) is 0 Å². The fourth-order valence-corrected chi connectivity index (χ4v) is 0.0745. The minimum absolute atomic E-state index is 0.167. The molecule has 0 fully saturated rings. The quantitative estimate of drug-likeness (QED) is 0.294. The monoisotopic (exact) mass is 99.0 g/mol. The Morgan fingerprint density at radius 1 is 1.86 bits per heavy atom. The summed E-state index contributed by atoms with van der Waals surface area (Å²) in [6, 6.07) is 0. The minimum atomic E-state index is -0.590. The molecule has 3 heteroatoms. The second kappa shape index (κ2) is 2.12. The second-order valence-electron chi connectivity index (χ2n) is 0.953. The smallest absolute Gasteiger partial charge is 0.258 e. The van der Waals surface area contributed by atoms with Crippen molar-refractivity contribution in [2.24, 2.45) is 0 Å². The first-order chi connectivity index (χ1) is 3.18. The van der Waals surface area contributed by atoms with Crippen molar-refractivity contribution in [3.63, 3.8) is 0 Å². The zero-order valence-corrected chi connectivity index (χ0v) is 3.76. The van der Waals surface area contributed by atoms with Crippen molar-refractivity contribution in [3.05, 3.63) is 35.0 Å². The first-order valence-corrected chi connectivity index (χ1v) is 1.64. The predicted molar refractivity (Wildman–Crippen MR) is 26.3 cm³/mol. The van der Waals surface area contributed by atoms with Crippen LogP contribution in [0.15, 0.2) is 24.9 Å². The molecule has 0 atom stereocenters. The molecular formula is C4H5NO2. The Labute approximate surface area is 41.1 Å². The van der Waals surface area contributed by atoms with Gasteiger partial charge in [-0.05, 0) is 6.58 Å². The normalized spacial score (nSPS) is 7.43. The van der Waals surface area contributed by atoms with Gasteiger partial charge in [-0.1, -0.05) is 6.58 Å². The summed E-state index contributed by atoms with van der Waals surface area (Å²) in [7, 11) is 0. The first kappa shape index (κ1) is 5.88. The van der Waals surface area contributed by atoms with E-state index in [4.69, 9.17) is 0 Å². The highest BCUT2D eigenvalue weighted by Crippen LogP contribution is 1.87. The molecule has 0 aromatic carbocycles. The summed E-state index contributed by atoms with van der Waals surface area (Å²) in [4.78, 5) is 8.97. The maximum atomic E-state index is 9.57. The Morgan fingerprint density at radius 2 is 2.29 bits per heavy atom. The summed E-state index contributed by atoms with van der Waals surface area (Å²) in [5.41, 5.74) is -0.167. The van der Waals surface area contributed by atoms with Crippen LogP contribution in [0, 0.1) is 10.1 Å². The predicted octanol–water partition coefficient (Wildman–Crippen LogP) is 0.963. The van der Waals surface area contributed by atoms with E-state index in [9.17, 15) is 10.1 Å². The van der Waals surface area contributed by atoms with Gasteiger partial charge in [0.2, 0.25) is 0 Å². The fourth-order valence-electron chi connectivity index (χ4n) is 0.0745. The third-order valence-corrected chi connectivity index (χ3v) is 0.470. The molecule has 0 bridgehead atoms. The van der Waals surface area contributed by atoms with Gasteiger partial charge in [0.05, 0.1) is 4.92 Å². The number of nitrogens with zero attached hydrogens (tertiary/aromatic N) is 1. The van der Waals surface area contributed by atoms with Crippen LogP contribution >= 0.6 is 0 Å². The van der Waals surface area contributed by atoms with E-state index in [0.717, 1.165) is 6.08 Å². The third-order valence-electron chi connectivity index (χ3n) is 0.470. The Balaban J connectivity index is 3.81. The number of hydrogen-bond donors (Lipinski definition) is 0. The van der Waals surface area contributed by atoms with Crippen LogP contribution in [0.5, 0.6) is 0 Å². The van der Waals surface area contributed by atoms with E-state index in [1.807, 2.05) is 0 Å². The average molecular weight is 99.1 g/mol. The van der Waals surface area contributed by atoms with Crippen LogP contribution < -0.4 is 0 Å². The minimum Gasteiger partial charge on any atom is -0.258 e. The maximum Gasteiger partial charge on any atom is 0.261 e. The number of rotatable bonds is 2. The zero-order chi connectivity index (χ0) is 5.86. The second-order valence-corrected chi connectivity index (χ2v) is 0.953. The molecule has 7 heavy (non-hydrogen) atoms. The Kier molecular flexibility index (Phi) is 1.78. The highest BCUT2D eigenvalue weighted by Gasteiger charge is 1.94. The van der Waals surface area contributed by atoms with Crippen LogP contribution in [0.3, 0.4) is 0 Å². The topological polar surface area (TPSA) is 43.1 Å². The highest BCUT2D eigenvalue weighted by molar-refractivity contribution is 4.99. The zero-order valence-electron chi connectivity index (χ0n) is 3.76. The van der Waals surface area contributed by atoms with E-state index in [1.54, 1.807) is 0 Å². The molecule has 0 rings (SSSR count). The molecule has 0 amide bonds. The van der Waals surface area contributed by atoms with Crippen LogP contribution in [-0.2, 0) is 0 Å². The van der Waals surface area contributed by atoms with Crippen molar-refractivity contribution in [2.45, 2.75) is 0 Å². The van der Waals surface area contributed by atoms with E-state index >= 15 is 0 Å². The van der Waals surface area contributed by atoms with Gasteiger partial charge in [-0.15, -0.1) is 0 Å². The van der Waals surface area contributed by atoms with Crippen LogP contribution in [0.4, 0.5) is 0 Å². The molecule has 0 radical (unpaired) electrons. The molecule has 38 valence electrons. The Hall–Kier alpha value is -1.12. The molecular weight excluding hydrogens is 94.0 g/mol. The lowest BCUT2D eigenvalue weighted by molar-refractivity contribution is -0.418. The maximum absolute atomic E-state index is 9.57. The summed E-state index contributed by atoms with van der Waals surface area (Å²) in [6.07, 6.45) is 1.10. The van der Waals surface area contributed by atoms with Crippen LogP contribution in [-0.4, -0.2) is 4.92 Å². The molecule has 0 aliphatic rings. The Bertz CT molecular complexity index is 117. The standard InChI is InChI=1S/C4H5NO2/c1-3-4(2)5(6)7/h3H,1-2H2. The van der Waals surface area contributed by atoms with Gasteiger partial charge in [0, 0.05) is 6.08 Å². The van der Waals surface area contributed by atoms with Gasteiger partial charge in [0.25, 0.3) is 5.70 Å². The van der Waals surface area contributed by atoms with Gasteiger partial charge in [0.1, 0.15) is 0 Å². The lowest BCUT2D eigenvalue weighted by atomic mass is 10.5. The summed E-state index contributed by atoms with van der Waals surface area (Å²) in [5.74, 6) is 0. The van der Waals surface area contributed by atoms with Crippen molar-refractivity contribution >= 4 is 0 Å². The molecule has 0 heterocycles. The lowest BCUT2D eigenvalue weighted by Gasteiger charge is -1.80. The summed E-state index contributed by atoms with van der Waals surface area (Å²) in [5, 5.41) is 9.57.